The quantitative estimate of drug-likeness (QED) is 0.365. The predicted molar refractivity (Wildman–Crippen MR) is 56.8 cm³/mol. The molecule has 0 radical (unpaired) electrons. The Labute approximate surface area is 89.8 Å². The van der Waals surface area contributed by atoms with Crippen molar-refractivity contribution in [3.05, 3.63) is 11.5 Å². The average molecular weight is 211 g/mol. The van der Waals surface area contributed by atoms with Crippen molar-refractivity contribution in [2.75, 3.05) is 0 Å². The van der Waals surface area contributed by atoms with E-state index < -0.39 is 5.91 Å². The van der Waals surface area contributed by atoms with Gasteiger partial charge in [-0.1, -0.05) is 0 Å². The molecule has 0 aromatic carbocycles. The first-order valence-corrected chi connectivity index (χ1v) is 4.79. The molecule has 1 amide bonds. The van der Waals surface area contributed by atoms with E-state index in [9.17, 15) is 9.90 Å². The van der Waals surface area contributed by atoms with Crippen molar-refractivity contribution in [2.24, 2.45) is 0 Å². The van der Waals surface area contributed by atoms with Gasteiger partial charge in [0.2, 0.25) is 5.88 Å². The number of aliphatic hydroxyl groups is 1. The van der Waals surface area contributed by atoms with Crippen LogP contribution in [0.5, 0.6) is 0 Å². The number of aliphatic hydroxyl groups excluding tert-OH is 1. The van der Waals surface area contributed by atoms with Gasteiger partial charge in [0.15, 0.2) is 5.57 Å². The Morgan fingerprint density at radius 3 is 2.00 bits per heavy atom. The molecule has 0 bridgehead atoms. The van der Waals surface area contributed by atoms with Gasteiger partial charge in [-0.05, 0) is 27.7 Å². The van der Waals surface area contributed by atoms with Crippen LogP contribution >= 0.6 is 0 Å². The number of amides is 1. The highest BCUT2D eigenvalue weighted by Crippen LogP contribution is 1.99. The Bertz CT molecular complexity index is 300. The van der Waals surface area contributed by atoms with Crippen molar-refractivity contribution in [1.29, 1.82) is 5.26 Å². The number of carbonyl (C=O) groups excluding carboxylic acids is 1. The van der Waals surface area contributed by atoms with E-state index in [-0.39, 0.29) is 23.5 Å². The summed E-state index contributed by atoms with van der Waals surface area (Å²) >= 11 is 0. The summed E-state index contributed by atoms with van der Waals surface area (Å²) in [5.74, 6) is -0.955. The molecule has 0 heterocycles. The van der Waals surface area contributed by atoms with E-state index in [4.69, 9.17) is 5.26 Å². The predicted octanol–water partition coefficient (Wildman–Crippen LogP) is 0.802. The van der Waals surface area contributed by atoms with Crippen molar-refractivity contribution in [3.63, 3.8) is 0 Å². The Kier molecular flexibility index (Phi) is 5.24. The number of hydrogen-bond acceptors (Lipinski definition) is 4. The second-order valence-corrected chi connectivity index (χ2v) is 3.76. The summed E-state index contributed by atoms with van der Waals surface area (Å²) in [5.41, 5.74) is -0.294. The van der Waals surface area contributed by atoms with Gasteiger partial charge in [0, 0.05) is 12.1 Å². The minimum Gasteiger partial charge on any atom is -0.494 e. The summed E-state index contributed by atoms with van der Waals surface area (Å²) in [4.78, 5) is 11.4. The number of nitrogens with zero attached hydrogens (tertiary/aromatic N) is 1. The van der Waals surface area contributed by atoms with Crippen LogP contribution in [0.2, 0.25) is 0 Å². The zero-order chi connectivity index (χ0) is 12.0. The summed E-state index contributed by atoms with van der Waals surface area (Å²) in [6.07, 6.45) is 0. The molecular formula is C10H17N3O2. The molecular weight excluding hydrogens is 194 g/mol. The molecule has 0 aliphatic heterocycles. The van der Waals surface area contributed by atoms with Gasteiger partial charge in [-0.25, -0.2) is 0 Å². The molecule has 15 heavy (non-hydrogen) atoms. The van der Waals surface area contributed by atoms with Crippen LogP contribution in [0, 0.1) is 11.3 Å². The van der Waals surface area contributed by atoms with Crippen molar-refractivity contribution >= 4 is 5.91 Å². The van der Waals surface area contributed by atoms with Gasteiger partial charge in [0.1, 0.15) is 6.07 Å². The zero-order valence-corrected chi connectivity index (χ0v) is 9.46. The summed E-state index contributed by atoms with van der Waals surface area (Å²) in [6, 6.07) is 1.55. The van der Waals surface area contributed by atoms with Gasteiger partial charge in [0.25, 0.3) is 5.91 Å². The van der Waals surface area contributed by atoms with E-state index in [1.165, 1.54) is 0 Å². The van der Waals surface area contributed by atoms with E-state index in [1.54, 1.807) is 33.8 Å². The molecule has 0 saturated heterocycles. The fraction of sp³-hybridized carbons (Fsp3) is 0.600. The summed E-state index contributed by atoms with van der Waals surface area (Å²) in [6.45, 7) is 7.15. The number of hydrogen-bond donors (Lipinski definition) is 3. The third kappa shape index (κ3) is 4.91. The number of rotatable bonds is 4. The molecule has 0 aliphatic carbocycles. The largest absolute Gasteiger partial charge is 0.494 e. The Morgan fingerprint density at radius 2 is 1.67 bits per heavy atom. The van der Waals surface area contributed by atoms with E-state index in [1.807, 2.05) is 0 Å². The number of nitrogens with one attached hydrogen (secondary N) is 2. The van der Waals surface area contributed by atoms with Crippen molar-refractivity contribution in [2.45, 2.75) is 39.8 Å². The molecule has 5 heteroatoms. The monoisotopic (exact) mass is 211 g/mol. The normalized spacial score (nSPS) is 12.1. The lowest BCUT2D eigenvalue weighted by Gasteiger charge is -2.11. The molecule has 84 valence electrons. The summed E-state index contributed by atoms with van der Waals surface area (Å²) in [5, 5.41) is 23.3. The first-order valence-electron chi connectivity index (χ1n) is 4.79. The van der Waals surface area contributed by atoms with Crippen LogP contribution in [0.25, 0.3) is 0 Å². The fourth-order valence-electron chi connectivity index (χ4n) is 0.891. The third-order valence-corrected chi connectivity index (χ3v) is 1.42. The first kappa shape index (κ1) is 13.3. The highest BCUT2D eigenvalue weighted by Gasteiger charge is 2.16. The SMILES string of the molecule is CC(C)NC(=O)/C(C#N)=C(\O)NC(C)C. The lowest BCUT2D eigenvalue weighted by Crippen LogP contribution is -2.34. The van der Waals surface area contributed by atoms with Crippen LogP contribution < -0.4 is 10.6 Å². The maximum atomic E-state index is 11.4. The van der Waals surface area contributed by atoms with E-state index in [0.29, 0.717) is 0 Å². The Morgan fingerprint density at radius 1 is 1.20 bits per heavy atom. The van der Waals surface area contributed by atoms with Gasteiger partial charge in [0.05, 0.1) is 0 Å². The maximum absolute atomic E-state index is 11.4. The molecule has 0 atom stereocenters. The molecule has 0 aliphatic rings. The summed E-state index contributed by atoms with van der Waals surface area (Å²) in [7, 11) is 0. The van der Waals surface area contributed by atoms with Crippen molar-refractivity contribution < 1.29 is 9.90 Å². The van der Waals surface area contributed by atoms with Crippen LogP contribution in [-0.4, -0.2) is 23.1 Å². The fourth-order valence-corrected chi connectivity index (χ4v) is 0.891. The van der Waals surface area contributed by atoms with Crippen LogP contribution in [0.15, 0.2) is 11.5 Å². The molecule has 0 fully saturated rings. The lowest BCUT2D eigenvalue weighted by atomic mass is 10.2. The molecule has 0 spiro atoms. The third-order valence-electron chi connectivity index (χ3n) is 1.42. The van der Waals surface area contributed by atoms with Crippen LogP contribution in [0.1, 0.15) is 27.7 Å². The Hall–Kier alpha value is -1.70. The standard InChI is InChI=1S/C10H17N3O2/c1-6(2)12-9(14)8(5-11)10(15)13-7(3)4/h6-7,12,14H,1-4H3,(H,13,15)/b9-8-. The minimum absolute atomic E-state index is 0.0415. The highest BCUT2D eigenvalue weighted by atomic mass is 16.3. The number of nitriles is 1. The second-order valence-electron chi connectivity index (χ2n) is 3.76. The van der Waals surface area contributed by atoms with Crippen LogP contribution in [0.4, 0.5) is 0 Å². The summed E-state index contributed by atoms with van der Waals surface area (Å²) < 4.78 is 0. The Balaban J connectivity index is 4.75. The minimum atomic E-state index is -0.571. The van der Waals surface area contributed by atoms with Crippen LogP contribution in [0.3, 0.4) is 0 Å². The van der Waals surface area contributed by atoms with Gasteiger partial charge < -0.3 is 15.7 Å². The first-order chi connectivity index (χ1) is 6.88. The second kappa shape index (κ2) is 5.91. The van der Waals surface area contributed by atoms with Gasteiger partial charge in [-0.2, -0.15) is 5.26 Å². The molecule has 0 saturated carbocycles. The number of carbonyl (C=O) groups is 1. The van der Waals surface area contributed by atoms with Gasteiger partial charge in [-0.3, -0.25) is 4.79 Å². The molecule has 5 nitrogen and oxygen atoms in total. The van der Waals surface area contributed by atoms with E-state index in [0.717, 1.165) is 0 Å². The molecule has 0 rings (SSSR count). The molecule has 3 N–H and O–H groups in total. The average Bonchev–Trinajstić information content (AvgIpc) is 2.01. The lowest BCUT2D eigenvalue weighted by molar-refractivity contribution is -0.117. The van der Waals surface area contributed by atoms with E-state index >= 15 is 0 Å². The maximum Gasteiger partial charge on any atom is 0.267 e. The topological polar surface area (TPSA) is 85.2 Å². The highest BCUT2D eigenvalue weighted by molar-refractivity contribution is 5.97. The van der Waals surface area contributed by atoms with Crippen molar-refractivity contribution in [1.82, 2.24) is 10.6 Å². The molecule has 0 aromatic rings. The van der Waals surface area contributed by atoms with Crippen LogP contribution in [-0.2, 0) is 4.79 Å². The van der Waals surface area contributed by atoms with E-state index in [2.05, 4.69) is 10.6 Å². The smallest absolute Gasteiger partial charge is 0.267 e. The molecule has 0 unspecified atom stereocenters. The zero-order valence-electron chi connectivity index (χ0n) is 9.46. The van der Waals surface area contributed by atoms with Crippen molar-refractivity contribution in [3.8, 4) is 6.07 Å². The van der Waals surface area contributed by atoms with Gasteiger partial charge >= 0.3 is 0 Å². The van der Waals surface area contributed by atoms with Gasteiger partial charge in [-0.15, -0.1) is 0 Å². The molecule has 0 aromatic heterocycles.